The zero-order chi connectivity index (χ0) is 25.7. The largest absolute Gasteiger partial charge is 0.444 e. The molecule has 3 rings (SSSR count). The first-order valence-electron chi connectivity index (χ1n) is 11.9. The van der Waals surface area contributed by atoms with E-state index in [2.05, 4.69) is 45.0 Å². The van der Waals surface area contributed by atoms with E-state index >= 15 is 0 Å². The summed E-state index contributed by atoms with van der Waals surface area (Å²) in [5.41, 5.74) is -0.0844. The van der Waals surface area contributed by atoms with Gasteiger partial charge in [0.05, 0.1) is 49.4 Å². The van der Waals surface area contributed by atoms with Crippen LogP contribution in [-0.4, -0.2) is 59.8 Å². The minimum absolute atomic E-state index is 0.0130. The Morgan fingerprint density at radius 3 is 2.50 bits per heavy atom. The highest BCUT2D eigenvalue weighted by Crippen LogP contribution is 2.41. The molecule has 0 bridgehead atoms. The van der Waals surface area contributed by atoms with E-state index in [0.717, 1.165) is 5.69 Å². The van der Waals surface area contributed by atoms with Gasteiger partial charge in [0.15, 0.2) is 8.32 Å². The van der Waals surface area contributed by atoms with E-state index in [4.69, 9.17) is 9.16 Å². The summed E-state index contributed by atoms with van der Waals surface area (Å²) < 4.78 is 13.8. The van der Waals surface area contributed by atoms with Gasteiger partial charge in [-0.25, -0.2) is 4.79 Å². The van der Waals surface area contributed by atoms with Crippen molar-refractivity contribution in [1.82, 2.24) is 14.7 Å². The molecule has 1 unspecified atom stereocenters. The van der Waals surface area contributed by atoms with Crippen molar-refractivity contribution in [3.63, 3.8) is 0 Å². The Kier molecular flexibility index (Phi) is 6.70. The number of anilines is 1. The first-order chi connectivity index (χ1) is 15.5. The van der Waals surface area contributed by atoms with E-state index in [1.165, 1.54) is 0 Å². The van der Waals surface area contributed by atoms with Crippen LogP contribution in [0.2, 0.25) is 18.1 Å². The summed E-state index contributed by atoms with van der Waals surface area (Å²) in [5.74, 6) is -0.126. The summed E-state index contributed by atoms with van der Waals surface area (Å²) in [6.07, 6.45) is 1.38. The molecule has 188 valence electrons. The van der Waals surface area contributed by atoms with E-state index in [-0.39, 0.29) is 49.2 Å². The SMILES string of the molecule is C[C@H]1Cn2ncc(N3CC(C#N)(CO[Si](C)(C)C(C)(C)C)CC3=O)c2CN1C(=O)OC(C)(C)C. The molecule has 1 aromatic rings. The van der Waals surface area contributed by atoms with Crippen molar-refractivity contribution in [2.24, 2.45) is 5.41 Å². The highest BCUT2D eigenvalue weighted by atomic mass is 28.4. The van der Waals surface area contributed by atoms with Gasteiger partial charge in [-0.1, -0.05) is 20.8 Å². The van der Waals surface area contributed by atoms with Crippen LogP contribution in [0, 0.1) is 16.7 Å². The van der Waals surface area contributed by atoms with Gasteiger partial charge in [0.25, 0.3) is 0 Å². The molecule has 0 spiro atoms. The normalized spacial score (nSPS) is 23.6. The molecule has 2 aliphatic rings. The molecule has 1 fully saturated rings. The van der Waals surface area contributed by atoms with Crippen molar-refractivity contribution in [1.29, 1.82) is 5.26 Å². The van der Waals surface area contributed by atoms with Crippen molar-refractivity contribution in [3.05, 3.63) is 11.9 Å². The van der Waals surface area contributed by atoms with Gasteiger partial charge in [-0.2, -0.15) is 10.4 Å². The molecule has 2 atom stereocenters. The number of ether oxygens (including phenoxy) is 1. The zero-order valence-electron chi connectivity index (χ0n) is 22.1. The summed E-state index contributed by atoms with van der Waals surface area (Å²) in [4.78, 5) is 29.2. The minimum atomic E-state index is -2.07. The van der Waals surface area contributed by atoms with E-state index in [9.17, 15) is 14.9 Å². The molecule has 0 N–H and O–H groups in total. The van der Waals surface area contributed by atoms with Crippen molar-refractivity contribution in [2.45, 2.75) is 97.8 Å². The average molecular weight is 490 g/mol. The van der Waals surface area contributed by atoms with Crippen LogP contribution in [0.3, 0.4) is 0 Å². The summed E-state index contributed by atoms with van der Waals surface area (Å²) in [6.45, 7) is 19.5. The minimum Gasteiger partial charge on any atom is -0.444 e. The molecule has 10 heteroatoms. The van der Waals surface area contributed by atoms with E-state index in [1.807, 2.05) is 32.4 Å². The lowest BCUT2D eigenvalue weighted by Crippen LogP contribution is -2.47. The maximum absolute atomic E-state index is 13.1. The third kappa shape index (κ3) is 5.15. The molecule has 3 heterocycles. The lowest BCUT2D eigenvalue weighted by molar-refractivity contribution is -0.117. The number of hydrogen-bond acceptors (Lipinski definition) is 6. The van der Waals surface area contributed by atoms with Crippen LogP contribution in [0.1, 0.15) is 60.6 Å². The van der Waals surface area contributed by atoms with Gasteiger partial charge < -0.3 is 14.1 Å². The fraction of sp³-hybridized carbons (Fsp3) is 0.750. The number of hydrogen-bond donors (Lipinski definition) is 0. The topological polar surface area (TPSA) is 101 Å². The first-order valence-corrected chi connectivity index (χ1v) is 14.8. The van der Waals surface area contributed by atoms with Gasteiger partial charge in [0.1, 0.15) is 11.0 Å². The molecule has 9 nitrogen and oxygen atoms in total. The van der Waals surface area contributed by atoms with Crippen molar-refractivity contribution in [2.75, 3.05) is 18.1 Å². The number of nitrogens with zero attached hydrogens (tertiary/aromatic N) is 5. The predicted molar refractivity (Wildman–Crippen MR) is 132 cm³/mol. The highest BCUT2D eigenvalue weighted by molar-refractivity contribution is 6.74. The van der Waals surface area contributed by atoms with Gasteiger partial charge in [-0.3, -0.25) is 14.4 Å². The van der Waals surface area contributed by atoms with Crippen LogP contribution in [0.25, 0.3) is 0 Å². The molecule has 2 amide bonds. The third-order valence-electron chi connectivity index (χ3n) is 7.14. The Hall–Kier alpha value is -2.38. The monoisotopic (exact) mass is 489 g/mol. The maximum atomic E-state index is 13.1. The summed E-state index contributed by atoms with van der Waals surface area (Å²) in [6, 6.07) is 2.29. The van der Waals surface area contributed by atoms with E-state index in [1.54, 1.807) is 16.0 Å². The molecule has 1 aromatic heterocycles. The van der Waals surface area contributed by atoms with Crippen LogP contribution in [0.15, 0.2) is 6.20 Å². The molecule has 0 aliphatic carbocycles. The highest BCUT2D eigenvalue weighted by Gasteiger charge is 2.48. The summed E-state index contributed by atoms with van der Waals surface area (Å²) in [5, 5.41) is 14.6. The number of aromatic nitrogens is 2. The standard InChI is InChI=1S/C24H39N5O4Si/c1-17-12-29-19(13-27(17)21(31)33-22(2,3)4)18(11-26-29)28-15-24(14-25,10-20(28)30)16-32-34(8,9)23(5,6)7/h11,17H,10,12-13,15-16H2,1-9H3/t17-,24?/m0/s1. The second-order valence-corrected chi connectivity index (χ2v) is 17.0. The molecule has 34 heavy (non-hydrogen) atoms. The third-order valence-corrected chi connectivity index (χ3v) is 11.6. The smallest absolute Gasteiger partial charge is 0.410 e. The van der Waals surface area contributed by atoms with Gasteiger partial charge >= 0.3 is 6.09 Å². The second-order valence-electron chi connectivity index (χ2n) is 12.2. The summed E-state index contributed by atoms with van der Waals surface area (Å²) >= 11 is 0. The van der Waals surface area contributed by atoms with Gasteiger partial charge in [0.2, 0.25) is 5.91 Å². The van der Waals surface area contributed by atoms with Gasteiger partial charge in [0, 0.05) is 13.0 Å². The average Bonchev–Trinajstić information content (AvgIpc) is 3.24. The molecule has 2 aliphatic heterocycles. The molecular formula is C24H39N5O4Si. The molecule has 0 aromatic carbocycles. The first kappa shape index (κ1) is 26.2. The fourth-order valence-corrected chi connectivity index (χ4v) is 5.04. The number of nitriles is 1. The predicted octanol–water partition coefficient (Wildman–Crippen LogP) is 4.29. The van der Waals surface area contributed by atoms with Crippen molar-refractivity contribution < 1.29 is 18.8 Å². The molecule has 1 saturated heterocycles. The van der Waals surface area contributed by atoms with Crippen LogP contribution in [0.4, 0.5) is 10.5 Å². The van der Waals surface area contributed by atoms with Crippen LogP contribution >= 0.6 is 0 Å². The van der Waals surface area contributed by atoms with Crippen LogP contribution < -0.4 is 4.90 Å². The fourth-order valence-electron chi connectivity index (χ4n) is 3.97. The molecule has 0 radical (unpaired) electrons. The van der Waals surface area contributed by atoms with Gasteiger partial charge in [-0.05, 0) is 45.8 Å². The lowest BCUT2D eigenvalue weighted by atomic mass is 9.90. The number of amides is 2. The Bertz CT molecular complexity index is 1000. The number of fused-ring (bicyclic) bond motifs is 1. The number of carbonyl (C=O) groups is 2. The van der Waals surface area contributed by atoms with E-state index < -0.39 is 19.3 Å². The van der Waals surface area contributed by atoms with Crippen LogP contribution in [0.5, 0.6) is 0 Å². The lowest BCUT2D eigenvalue weighted by Gasteiger charge is -2.38. The Balaban J connectivity index is 1.82. The Morgan fingerprint density at radius 1 is 1.29 bits per heavy atom. The summed E-state index contributed by atoms with van der Waals surface area (Å²) in [7, 11) is -2.07. The van der Waals surface area contributed by atoms with Crippen molar-refractivity contribution >= 4 is 26.0 Å². The second kappa shape index (κ2) is 8.68. The van der Waals surface area contributed by atoms with Crippen LogP contribution in [-0.2, 0) is 27.0 Å². The molecular weight excluding hydrogens is 450 g/mol. The van der Waals surface area contributed by atoms with Gasteiger partial charge in [-0.15, -0.1) is 0 Å². The number of carbonyl (C=O) groups excluding carboxylic acids is 2. The maximum Gasteiger partial charge on any atom is 0.410 e. The zero-order valence-corrected chi connectivity index (χ0v) is 23.1. The molecule has 0 saturated carbocycles. The van der Waals surface area contributed by atoms with Crippen molar-refractivity contribution in [3.8, 4) is 6.07 Å². The Labute approximate surface area is 204 Å². The quantitative estimate of drug-likeness (QED) is 0.585. The van der Waals surface area contributed by atoms with E-state index in [0.29, 0.717) is 12.2 Å². The Morgan fingerprint density at radius 2 is 1.94 bits per heavy atom. The number of rotatable bonds is 4.